The summed E-state index contributed by atoms with van der Waals surface area (Å²) < 4.78 is 15.9. The zero-order valence-electron chi connectivity index (χ0n) is 14.8. The number of hydrogen-bond donors (Lipinski definition) is 3. The summed E-state index contributed by atoms with van der Waals surface area (Å²) in [5.41, 5.74) is 3.68. The van der Waals surface area contributed by atoms with Gasteiger partial charge in [-0.3, -0.25) is 14.8 Å². The molecular weight excluding hydrogens is 349 g/mol. The van der Waals surface area contributed by atoms with Crippen LogP contribution in [0.2, 0.25) is 0 Å². The number of halogens is 1. The van der Waals surface area contributed by atoms with Crippen molar-refractivity contribution in [3.8, 4) is 0 Å². The van der Waals surface area contributed by atoms with E-state index in [9.17, 15) is 14.0 Å². The van der Waals surface area contributed by atoms with Crippen LogP contribution in [-0.2, 0) is 11.8 Å². The highest BCUT2D eigenvalue weighted by atomic mass is 19.1. The number of amides is 1. The van der Waals surface area contributed by atoms with Gasteiger partial charge in [0.25, 0.3) is 5.91 Å². The van der Waals surface area contributed by atoms with Gasteiger partial charge in [0.05, 0.1) is 5.69 Å². The van der Waals surface area contributed by atoms with E-state index in [0.29, 0.717) is 17.4 Å². The molecule has 0 saturated heterocycles. The molecular formula is C20H20FN3O3. The Balaban J connectivity index is 1.68. The number of hydrogen-bond acceptors (Lipinski definition) is 4. The Kier molecular flexibility index (Phi) is 5.52. The molecule has 1 aliphatic carbocycles. The highest BCUT2D eigenvalue weighted by Gasteiger charge is 2.22. The van der Waals surface area contributed by atoms with Crippen LogP contribution < -0.4 is 10.8 Å². The molecule has 1 aromatic heterocycles. The smallest absolute Gasteiger partial charge is 0.267 e. The fourth-order valence-corrected chi connectivity index (χ4v) is 2.56. The summed E-state index contributed by atoms with van der Waals surface area (Å²) in [6.45, 7) is 0. The Morgan fingerprint density at radius 1 is 1.22 bits per heavy atom. The quantitative estimate of drug-likeness (QED) is 0.303. The van der Waals surface area contributed by atoms with E-state index in [0.717, 1.165) is 18.4 Å². The molecule has 0 spiro atoms. The third-order valence-electron chi connectivity index (χ3n) is 4.20. The molecule has 1 amide bonds. The Morgan fingerprint density at radius 2 is 2.00 bits per heavy atom. The molecule has 3 N–H and O–H groups in total. The summed E-state index contributed by atoms with van der Waals surface area (Å²) in [6.07, 6.45) is 9.60. The molecule has 1 fully saturated rings. The summed E-state index contributed by atoms with van der Waals surface area (Å²) in [7, 11) is 1.79. The Bertz CT molecular complexity index is 927. The van der Waals surface area contributed by atoms with Crippen LogP contribution in [0.25, 0.3) is 12.2 Å². The lowest BCUT2D eigenvalue weighted by Crippen LogP contribution is -2.14. The van der Waals surface area contributed by atoms with Gasteiger partial charge in [-0.15, -0.1) is 0 Å². The fourth-order valence-electron chi connectivity index (χ4n) is 2.56. The van der Waals surface area contributed by atoms with Crippen molar-refractivity contribution in [2.45, 2.75) is 18.9 Å². The topological polar surface area (TPSA) is 83.4 Å². The van der Waals surface area contributed by atoms with Gasteiger partial charge in [-0.05, 0) is 60.9 Å². The molecule has 2 aromatic rings. The van der Waals surface area contributed by atoms with Crippen molar-refractivity contribution >= 4 is 29.5 Å². The van der Waals surface area contributed by atoms with Gasteiger partial charge < -0.3 is 9.88 Å². The van der Waals surface area contributed by atoms with Crippen molar-refractivity contribution in [2.24, 2.45) is 7.05 Å². The third-order valence-corrected chi connectivity index (χ3v) is 4.20. The molecule has 0 radical (unpaired) electrons. The lowest BCUT2D eigenvalue weighted by Gasteiger charge is -2.06. The van der Waals surface area contributed by atoms with E-state index in [1.54, 1.807) is 42.1 Å². The molecule has 3 rings (SSSR count). The number of aryl methyl sites for hydroxylation is 1. The lowest BCUT2D eigenvalue weighted by atomic mass is 10.1. The van der Waals surface area contributed by atoms with E-state index >= 15 is 0 Å². The van der Waals surface area contributed by atoms with Gasteiger partial charge in [0.2, 0.25) is 0 Å². The van der Waals surface area contributed by atoms with Crippen LogP contribution in [0.4, 0.5) is 10.1 Å². The molecule has 1 aromatic carbocycles. The van der Waals surface area contributed by atoms with Gasteiger partial charge in [-0.25, -0.2) is 9.87 Å². The van der Waals surface area contributed by atoms with Gasteiger partial charge in [0.15, 0.2) is 5.78 Å². The number of ketones is 1. The zero-order valence-corrected chi connectivity index (χ0v) is 14.8. The first-order chi connectivity index (χ1) is 13.0. The highest BCUT2D eigenvalue weighted by Crippen LogP contribution is 2.26. The number of carbonyl (C=O) groups is 2. The second kappa shape index (κ2) is 8.01. The van der Waals surface area contributed by atoms with Crippen LogP contribution in [0.15, 0.2) is 42.6 Å². The first kappa shape index (κ1) is 18.6. The van der Waals surface area contributed by atoms with Gasteiger partial charge in [0, 0.05) is 36.6 Å². The van der Waals surface area contributed by atoms with Crippen LogP contribution in [0.5, 0.6) is 0 Å². The van der Waals surface area contributed by atoms with Crippen LogP contribution in [0, 0.1) is 5.82 Å². The molecule has 0 aliphatic heterocycles. The number of anilines is 1. The van der Waals surface area contributed by atoms with Crippen molar-refractivity contribution in [1.29, 1.82) is 0 Å². The maximum atomic E-state index is 14.1. The van der Waals surface area contributed by atoms with Crippen molar-refractivity contribution in [1.82, 2.24) is 10.0 Å². The predicted octanol–water partition coefficient (Wildman–Crippen LogP) is 3.15. The van der Waals surface area contributed by atoms with E-state index in [4.69, 9.17) is 5.21 Å². The van der Waals surface area contributed by atoms with Crippen LogP contribution in [-0.4, -0.2) is 27.5 Å². The number of benzene rings is 1. The minimum atomic E-state index is -0.634. The van der Waals surface area contributed by atoms with Crippen molar-refractivity contribution < 1.29 is 19.2 Å². The molecule has 1 aliphatic rings. The number of nitrogens with one attached hydrogen (secondary N) is 2. The number of carbonyl (C=O) groups excluding carboxylic acids is 2. The monoisotopic (exact) mass is 369 g/mol. The van der Waals surface area contributed by atoms with Gasteiger partial charge in [-0.1, -0.05) is 0 Å². The molecule has 140 valence electrons. The summed E-state index contributed by atoms with van der Waals surface area (Å²) >= 11 is 0. The third kappa shape index (κ3) is 4.92. The first-order valence-electron chi connectivity index (χ1n) is 8.53. The Hall–Kier alpha value is -3.19. The normalized spacial score (nSPS) is 14.0. The second-order valence-electron chi connectivity index (χ2n) is 6.43. The molecule has 1 saturated carbocycles. The average Bonchev–Trinajstić information content (AvgIpc) is 3.40. The standard InChI is InChI=1S/C20H20FN3O3/c1-24-12-13(10-16(24)6-9-20(26)23-27)2-8-19(25)14-3-7-18(17(21)11-14)22-15-4-5-15/h2-3,6-12,15,22,27H,4-5H2,1H3,(H,23,26)/b8-2+,9-6+. The maximum Gasteiger partial charge on any atom is 0.267 e. The number of hydroxylamine groups is 1. The number of nitrogens with zero attached hydrogens (tertiary/aromatic N) is 1. The summed E-state index contributed by atoms with van der Waals surface area (Å²) in [5.74, 6) is -1.37. The number of rotatable bonds is 7. The Morgan fingerprint density at radius 3 is 2.67 bits per heavy atom. The van der Waals surface area contributed by atoms with Gasteiger partial charge in [0.1, 0.15) is 5.82 Å². The molecule has 6 nitrogen and oxygen atoms in total. The molecule has 1 heterocycles. The van der Waals surface area contributed by atoms with E-state index in [1.807, 2.05) is 0 Å². The SMILES string of the molecule is Cn1cc(/C=C/C(=O)c2ccc(NC3CC3)c(F)c2)cc1/C=C/C(=O)NO. The molecule has 7 heteroatoms. The minimum Gasteiger partial charge on any atom is -0.380 e. The Labute approximate surface area is 156 Å². The van der Waals surface area contributed by atoms with Gasteiger partial charge >= 0.3 is 0 Å². The van der Waals surface area contributed by atoms with Crippen molar-refractivity contribution in [3.05, 3.63) is 65.3 Å². The minimum absolute atomic E-state index is 0.278. The molecule has 0 unspecified atom stereocenters. The van der Waals surface area contributed by atoms with Crippen molar-refractivity contribution in [3.63, 3.8) is 0 Å². The maximum absolute atomic E-state index is 14.1. The predicted molar refractivity (Wildman–Crippen MR) is 101 cm³/mol. The average molecular weight is 369 g/mol. The zero-order chi connectivity index (χ0) is 19.4. The molecule has 0 bridgehead atoms. The summed E-state index contributed by atoms with van der Waals surface area (Å²) in [4.78, 5) is 23.3. The van der Waals surface area contributed by atoms with E-state index < -0.39 is 11.7 Å². The fraction of sp³-hybridized carbons (Fsp3) is 0.200. The summed E-state index contributed by atoms with van der Waals surface area (Å²) in [6, 6.07) is 6.54. The van der Waals surface area contributed by atoms with E-state index in [2.05, 4.69) is 5.32 Å². The van der Waals surface area contributed by atoms with Crippen LogP contribution in [0.3, 0.4) is 0 Å². The van der Waals surface area contributed by atoms with E-state index in [1.165, 1.54) is 29.8 Å². The lowest BCUT2D eigenvalue weighted by molar-refractivity contribution is -0.124. The van der Waals surface area contributed by atoms with Crippen molar-refractivity contribution in [2.75, 3.05) is 5.32 Å². The van der Waals surface area contributed by atoms with Crippen LogP contribution >= 0.6 is 0 Å². The van der Waals surface area contributed by atoms with Crippen LogP contribution in [0.1, 0.15) is 34.5 Å². The van der Waals surface area contributed by atoms with E-state index in [-0.39, 0.29) is 11.3 Å². The molecule has 0 atom stereocenters. The number of allylic oxidation sites excluding steroid dienone is 1. The largest absolute Gasteiger partial charge is 0.380 e. The highest BCUT2D eigenvalue weighted by molar-refractivity contribution is 6.07. The molecule has 27 heavy (non-hydrogen) atoms. The number of aromatic nitrogens is 1. The van der Waals surface area contributed by atoms with Gasteiger partial charge in [-0.2, -0.15) is 0 Å². The second-order valence-corrected chi connectivity index (χ2v) is 6.43. The first-order valence-corrected chi connectivity index (χ1v) is 8.53. The summed E-state index contributed by atoms with van der Waals surface area (Å²) in [5, 5.41) is 11.6.